The number of hydrogen-bond donors (Lipinski definition) is 0. The van der Waals surface area contributed by atoms with E-state index in [4.69, 9.17) is 9.40 Å². The van der Waals surface area contributed by atoms with Gasteiger partial charge in [-0.3, -0.25) is 14.4 Å². The van der Waals surface area contributed by atoms with Crippen LogP contribution in [0.1, 0.15) is 41.8 Å². The molecule has 9 rings (SSSR count). The SMILES string of the molecule is CC(C)Cc1cc(-c2[c-]cc(F)cc2)ncc1[Si](C)(C)C.Cc1cc2nc(-c3[c-]nc4oc5ccc(C#N)cc5c4c3)n(-c3c(C)cc(-c4ccccc4)cc3C)c2cn1.[Ir]. The molecule has 4 aromatic carbocycles. The van der Waals surface area contributed by atoms with Gasteiger partial charge in [0.15, 0.2) is 0 Å². The molecule has 9 aromatic rings. The molecule has 0 fully saturated rings. The van der Waals surface area contributed by atoms with Crippen LogP contribution in [0, 0.1) is 56.1 Å². The molecule has 0 aliphatic heterocycles. The van der Waals surface area contributed by atoms with Gasteiger partial charge >= 0.3 is 0 Å². The van der Waals surface area contributed by atoms with Crippen molar-refractivity contribution in [1.29, 1.82) is 5.26 Å². The van der Waals surface area contributed by atoms with Gasteiger partial charge in [-0.25, -0.2) is 0 Å². The van der Waals surface area contributed by atoms with Crippen LogP contribution in [0.25, 0.3) is 72.6 Å². The smallest absolute Gasteiger partial charge is 0.141 e. The summed E-state index contributed by atoms with van der Waals surface area (Å²) in [5.74, 6) is 1.06. The Labute approximate surface area is 370 Å². The van der Waals surface area contributed by atoms with Gasteiger partial charge in [-0.05, 0) is 114 Å². The van der Waals surface area contributed by atoms with Gasteiger partial charge in [-0.1, -0.05) is 81.0 Å². The molecule has 0 atom stereocenters. The van der Waals surface area contributed by atoms with E-state index in [1.54, 1.807) is 18.2 Å². The van der Waals surface area contributed by atoms with Crippen molar-refractivity contribution in [3.8, 4) is 45.5 Å². The Balaban J connectivity index is 0.000000217. The zero-order chi connectivity index (χ0) is 42.3. The van der Waals surface area contributed by atoms with Crippen molar-refractivity contribution in [1.82, 2.24) is 24.5 Å². The van der Waals surface area contributed by atoms with Gasteiger partial charge in [-0.2, -0.15) is 5.26 Å². The fourth-order valence-corrected chi connectivity index (χ4v) is 9.47. The van der Waals surface area contributed by atoms with E-state index in [2.05, 4.69) is 128 Å². The number of aromatic nitrogens is 5. The summed E-state index contributed by atoms with van der Waals surface area (Å²) >= 11 is 0. The number of benzene rings is 4. The van der Waals surface area contributed by atoms with Crippen LogP contribution < -0.4 is 5.19 Å². The monoisotopic (exact) mass is 997 g/mol. The Morgan fingerprint density at radius 2 is 1.59 bits per heavy atom. The maximum atomic E-state index is 13.0. The number of rotatable bonds is 7. The average molecular weight is 997 g/mol. The zero-order valence-electron chi connectivity index (χ0n) is 35.5. The van der Waals surface area contributed by atoms with E-state index < -0.39 is 8.07 Å². The standard InChI is InChI=1S/C33H22N5O.C18H23FNSi.Ir/c1-19-11-24(23-7-5-4-6-8-23)12-20(2)31(19)38-29-18-35-21(3)13-28(29)37-32(38)25-15-27-26-14-22(16-34)9-10-30(26)39-33(27)36-17-25;1-13(2)10-15-11-17(14-6-8-16(19)9-7-14)20-12-18(15)21(3,4)5;/h4-15,18H,1-3H3;6,8-9,11-13H,10H2,1-5H3;/q2*-1;. The van der Waals surface area contributed by atoms with Crippen LogP contribution in [-0.4, -0.2) is 32.6 Å². The van der Waals surface area contributed by atoms with Crippen molar-refractivity contribution in [3.63, 3.8) is 0 Å². The molecule has 0 aliphatic carbocycles. The van der Waals surface area contributed by atoms with Gasteiger partial charge in [0, 0.05) is 48.9 Å². The Hall–Kier alpha value is -6.11. The predicted molar refractivity (Wildman–Crippen MR) is 243 cm³/mol. The number of nitriles is 1. The van der Waals surface area contributed by atoms with Crippen molar-refractivity contribution in [2.75, 3.05) is 0 Å². The maximum absolute atomic E-state index is 13.0. The molecular formula is C51H45FIrN6OSi-2. The third-order valence-electron chi connectivity index (χ3n) is 10.6. The van der Waals surface area contributed by atoms with Crippen LogP contribution in [0.4, 0.5) is 4.39 Å². The average Bonchev–Trinajstić information content (AvgIpc) is 3.78. The number of imidazole rings is 1. The zero-order valence-corrected chi connectivity index (χ0v) is 38.9. The Kier molecular flexibility index (Phi) is 12.3. The van der Waals surface area contributed by atoms with Crippen molar-refractivity contribution < 1.29 is 28.9 Å². The summed E-state index contributed by atoms with van der Waals surface area (Å²) < 4.78 is 21.1. The fourth-order valence-electron chi connectivity index (χ4n) is 7.88. The number of aryl methyl sites for hydroxylation is 3. The molecule has 0 unspecified atom stereocenters. The number of furan rings is 1. The topological polar surface area (TPSA) is 93.4 Å². The minimum atomic E-state index is -1.41. The van der Waals surface area contributed by atoms with Crippen molar-refractivity contribution in [2.45, 2.75) is 60.7 Å². The minimum absolute atomic E-state index is 0. The summed E-state index contributed by atoms with van der Waals surface area (Å²) in [7, 11) is -1.41. The number of nitrogens with zero attached hydrogens (tertiary/aromatic N) is 6. The first-order chi connectivity index (χ1) is 28.8. The molecule has 307 valence electrons. The van der Waals surface area contributed by atoms with Gasteiger partial charge in [0.05, 0.1) is 42.8 Å². The first kappa shape index (κ1) is 43.0. The van der Waals surface area contributed by atoms with Crippen LogP contribution >= 0.6 is 0 Å². The van der Waals surface area contributed by atoms with E-state index >= 15 is 0 Å². The molecule has 0 saturated heterocycles. The quantitative estimate of drug-likeness (QED) is 0.117. The van der Waals surface area contributed by atoms with Crippen LogP contribution in [0.5, 0.6) is 0 Å². The van der Waals surface area contributed by atoms with Crippen LogP contribution in [-0.2, 0) is 26.5 Å². The van der Waals surface area contributed by atoms with Gasteiger partial charge in [-0.15, -0.1) is 35.9 Å². The van der Waals surface area contributed by atoms with E-state index in [0.717, 1.165) is 73.4 Å². The molecule has 61 heavy (non-hydrogen) atoms. The van der Waals surface area contributed by atoms with Crippen LogP contribution in [0.15, 0.2) is 114 Å². The number of fused-ring (bicyclic) bond motifs is 4. The van der Waals surface area contributed by atoms with E-state index in [1.807, 2.05) is 43.6 Å². The second-order valence-electron chi connectivity index (χ2n) is 16.8. The number of pyridine rings is 3. The molecule has 1 radical (unpaired) electrons. The molecule has 5 heterocycles. The molecular weight excluding hydrogens is 952 g/mol. The second-order valence-corrected chi connectivity index (χ2v) is 21.9. The van der Waals surface area contributed by atoms with E-state index in [-0.39, 0.29) is 25.9 Å². The van der Waals surface area contributed by atoms with Gasteiger partial charge in [0.1, 0.15) is 11.3 Å². The normalized spacial score (nSPS) is 11.4. The van der Waals surface area contributed by atoms with E-state index in [0.29, 0.717) is 22.8 Å². The van der Waals surface area contributed by atoms with Crippen LogP contribution in [0.2, 0.25) is 19.6 Å². The second kappa shape index (κ2) is 17.5. The van der Waals surface area contributed by atoms with Crippen LogP contribution in [0.3, 0.4) is 0 Å². The summed E-state index contributed by atoms with van der Waals surface area (Å²) in [4.78, 5) is 18.8. The minimum Gasteiger partial charge on any atom is -0.483 e. The third kappa shape index (κ3) is 8.87. The summed E-state index contributed by atoms with van der Waals surface area (Å²) in [5, 5.41) is 12.5. The molecule has 7 nitrogen and oxygen atoms in total. The Bertz CT molecular complexity index is 3070. The van der Waals surface area contributed by atoms with Crippen molar-refractivity contribution >= 4 is 46.4 Å². The molecule has 5 aromatic heterocycles. The largest absolute Gasteiger partial charge is 0.483 e. The van der Waals surface area contributed by atoms with E-state index in [1.165, 1.54) is 34.0 Å². The van der Waals surface area contributed by atoms with Crippen molar-refractivity contribution in [3.05, 3.63) is 155 Å². The van der Waals surface area contributed by atoms with E-state index in [9.17, 15) is 9.65 Å². The first-order valence-electron chi connectivity index (χ1n) is 20.1. The number of halogens is 1. The molecule has 10 heteroatoms. The van der Waals surface area contributed by atoms with Gasteiger partial charge < -0.3 is 19.0 Å². The summed E-state index contributed by atoms with van der Waals surface area (Å²) in [6.45, 7) is 17.7. The van der Waals surface area contributed by atoms with Gasteiger partial charge in [0.25, 0.3) is 0 Å². The fraction of sp³-hybridized carbons (Fsp3) is 0.196. The Morgan fingerprint density at radius 1 is 0.836 bits per heavy atom. The Morgan fingerprint density at radius 3 is 2.26 bits per heavy atom. The summed E-state index contributed by atoms with van der Waals surface area (Å²) in [6, 6.07) is 36.1. The van der Waals surface area contributed by atoms with Crippen molar-refractivity contribution in [2.24, 2.45) is 5.92 Å². The molecule has 0 spiro atoms. The molecule has 0 amide bonds. The molecule has 0 saturated carbocycles. The molecule has 0 aliphatic rings. The predicted octanol–water partition coefficient (Wildman–Crippen LogP) is 12.1. The van der Waals surface area contributed by atoms with Gasteiger partial charge in [0.2, 0.25) is 0 Å². The molecule has 0 N–H and O–H groups in total. The summed E-state index contributed by atoms with van der Waals surface area (Å²) in [6.07, 6.45) is 8.12. The molecule has 0 bridgehead atoms. The summed E-state index contributed by atoms with van der Waals surface area (Å²) in [5.41, 5.74) is 13.9. The first-order valence-corrected chi connectivity index (χ1v) is 23.6. The number of hydrogen-bond acceptors (Lipinski definition) is 6. The maximum Gasteiger partial charge on any atom is 0.141 e. The third-order valence-corrected chi connectivity index (χ3v) is 12.7.